The van der Waals surface area contributed by atoms with E-state index in [2.05, 4.69) is 0 Å². The Balaban J connectivity index is 2.07. The molecule has 3 atom stereocenters. The van der Waals surface area contributed by atoms with Crippen LogP contribution in [0, 0.1) is 5.92 Å². The van der Waals surface area contributed by atoms with Gasteiger partial charge in [-0.1, -0.05) is 31.5 Å². The van der Waals surface area contributed by atoms with Crippen molar-refractivity contribution in [1.82, 2.24) is 0 Å². The van der Waals surface area contributed by atoms with Crippen molar-refractivity contribution in [3.8, 4) is 11.5 Å². The minimum absolute atomic E-state index is 0.00646. The number of carbonyl (C=O) groups is 3. The maximum atomic E-state index is 13.9. The maximum absolute atomic E-state index is 13.9. The summed E-state index contributed by atoms with van der Waals surface area (Å²) < 4.78 is 0. The van der Waals surface area contributed by atoms with Gasteiger partial charge in [0.2, 0.25) is 0 Å². The monoisotopic (exact) mass is 420 g/mol. The molecule has 0 radical (unpaired) electrons. The number of aliphatic hydroxyl groups excluding tert-OH is 1. The second kappa shape index (κ2) is 7.17. The van der Waals surface area contributed by atoms with Crippen LogP contribution in [-0.4, -0.2) is 32.7 Å². The standard InChI is InChI=1S/C25H24O6/c1-4-6-15-23(30)13-7-5-8-16(26)19(13)24(31)25(15,3)14-9-10-17(27)21-18(28)11-12(2)22(29)20(14)21/h5,7-11,15,23,26-27,30H,4,6H2,1-3H3/t15-,23+,25-/m0/s1. The van der Waals surface area contributed by atoms with Crippen LogP contribution in [0.5, 0.6) is 11.5 Å². The fraction of sp³-hybridized carbons (Fsp3) is 0.320. The fourth-order valence-corrected chi connectivity index (χ4v) is 5.13. The summed E-state index contributed by atoms with van der Waals surface area (Å²) >= 11 is 0. The molecule has 0 spiro atoms. The van der Waals surface area contributed by atoms with E-state index in [1.807, 2.05) is 6.92 Å². The lowest BCUT2D eigenvalue weighted by molar-refractivity contribution is 0.0345. The molecule has 2 aromatic rings. The van der Waals surface area contributed by atoms with Crippen LogP contribution in [0.4, 0.5) is 0 Å². The zero-order chi connectivity index (χ0) is 22.7. The second-order valence-corrected chi connectivity index (χ2v) is 8.52. The number of rotatable bonds is 3. The van der Waals surface area contributed by atoms with E-state index in [4.69, 9.17) is 0 Å². The first kappa shape index (κ1) is 21.0. The molecule has 0 saturated carbocycles. The van der Waals surface area contributed by atoms with E-state index >= 15 is 0 Å². The number of phenols is 2. The van der Waals surface area contributed by atoms with Gasteiger partial charge in [0.15, 0.2) is 17.3 Å². The minimum atomic E-state index is -1.40. The van der Waals surface area contributed by atoms with Gasteiger partial charge in [-0.15, -0.1) is 0 Å². The Morgan fingerprint density at radius 3 is 2.32 bits per heavy atom. The quantitative estimate of drug-likeness (QED) is 0.691. The highest BCUT2D eigenvalue weighted by Crippen LogP contribution is 2.53. The Morgan fingerprint density at radius 1 is 0.968 bits per heavy atom. The van der Waals surface area contributed by atoms with Gasteiger partial charge in [-0.2, -0.15) is 0 Å². The third-order valence-corrected chi connectivity index (χ3v) is 6.74. The molecule has 0 fully saturated rings. The number of benzene rings is 2. The van der Waals surface area contributed by atoms with Gasteiger partial charge in [-0.25, -0.2) is 0 Å². The van der Waals surface area contributed by atoms with Crippen molar-refractivity contribution in [2.75, 3.05) is 0 Å². The van der Waals surface area contributed by atoms with Crippen LogP contribution in [0.3, 0.4) is 0 Å². The van der Waals surface area contributed by atoms with Crippen LogP contribution in [0.2, 0.25) is 0 Å². The number of fused-ring (bicyclic) bond motifs is 2. The average Bonchev–Trinajstić information content (AvgIpc) is 2.73. The first-order valence-electron chi connectivity index (χ1n) is 10.3. The van der Waals surface area contributed by atoms with E-state index < -0.39 is 34.8 Å². The summed E-state index contributed by atoms with van der Waals surface area (Å²) in [7, 11) is 0. The Labute approximate surface area is 179 Å². The van der Waals surface area contributed by atoms with E-state index in [0.717, 1.165) is 0 Å². The van der Waals surface area contributed by atoms with Gasteiger partial charge in [0.1, 0.15) is 11.5 Å². The van der Waals surface area contributed by atoms with Gasteiger partial charge >= 0.3 is 0 Å². The van der Waals surface area contributed by atoms with E-state index in [0.29, 0.717) is 18.4 Å². The number of hydrogen-bond acceptors (Lipinski definition) is 6. The second-order valence-electron chi connectivity index (χ2n) is 8.52. The summed E-state index contributed by atoms with van der Waals surface area (Å²) in [5.41, 5.74) is -0.662. The van der Waals surface area contributed by atoms with Crippen molar-refractivity contribution in [2.24, 2.45) is 5.92 Å². The van der Waals surface area contributed by atoms with Gasteiger partial charge in [-0.05, 0) is 49.6 Å². The van der Waals surface area contributed by atoms with Crippen molar-refractivity contribution < 1.29 is 29.7 Å². The number of Topliss-reactive ketones (excluding diaryl/α,β-unsaturated/α-hetero) is 2. The molecule has 0 heterocycles. The van der Waals surface area contributed by atoms with Gasteiger partial charge in [-0.3, -0.25) is 14.4 Å². The molecule has 0 amide bonds. The van der Waals surface area contributed by atoms with Crippen molar-refractivity contribution in [1.29, 1.82) is 0 Å². The molecule has 0 unspecified atom stereocenters. The molecule has 6 nitrogen and oxygen atoms in total. The highest BCUT2D eigenvalue weighted by atomic mass is 16.3. The summed E-state index contributed by atoms with van der Waals surface area (Å²) in [6, 6.07) is 7.37. The summed E-state index contributed by atoms with van der Waals surface area (Å²) in [4.78, 5) is 39.7. The highest BCUT2D eigenvalue weighted by Gasteiger charge is 2.53. The van der Waals surface area contributed by atoms with E-state index in [1.165, 1.54) is 31.2 Å². The van der Waals surface area contributed by atoms with E-state index in [1.54, 1.807) is 19.1 Å². The minimum Gasteiger partial charge on any atom is -0.507 e. The first-order valence-corrected chi connectivity index (χ1v) is 10.3. The third-order valence-electron chi connectivity index (χ3n) is 6.74. The third kappa shape index (κ3) is 2.78. The largest absolute Gasteiger partial charge is 0.507 e. The lowest BCUT2D eigenvalue weighted by Crippen LogP contribution is -2.48. The van der Waals surface area contributed by atoms with Gasteiger partial charge in [0.05, 0.1) is 22.6 Å². The molecule has 2 aliphatic rings. The van der Waals surface area contributed by atoms with Crippen molar-refractivity contribution in [3.05, 3.63) is 69.8 Å². The number of allylic oxidation sites excluding steroid dienone is 2. The average molecular weight is 420 g/mol. The number of phenolic OH excluding ortho intramolecular Hbond substituents is 2. The topological polar surface area (TPSA) is 112 Å². The van der Waals surface area contributed by atoms with Gasteiger partial charge in [0, 0.05) is 17.1 Å². The zero-order valence-electron chi connectivity index (χ0n) is 17.6. The fourth-order valence-electron chi connectivity index (χ4n) is 5.13. The van der Waals surface area contributed by atoms with Crippen molar-refractivity contribution in [2.45, 2.75) is 45.1 Å². The summed E-state index contributed by atoms with van der Waals surface area (Å²) in [6.45, 7) is 5.09. The molecule has 3 N–H and O–H groups in total. The summed E-state index contributed by atoms with van der Waals surface area (Å²) in [6.07, 6.45) is 1.27. The molecule has 0 bridgehead atoms. The van der Waals surface area contributed by atoms with E-state index in [9.17, 15) is 29.7 Å². The molecule has 0 aromatic heterocycles. The number of ketones is 3. The Hall–Kier alpha value is -3.25. The number of carbonyl (C=O) groups excluding carboxylic acids is 3. The number of aromatic hydroxyl groups is 2. The Bertz CT molecular complexity index is 1170. The van der Waals surface area contributed by atoms with Crippen LogP contribution < -0.4 is 0 Å². The van der Waals surface area contributed by atoms with Crippen molar-refractivity contribution >= 4 is 17.3 Å². The molecule has 2 aromatic carbocycles. The Kier molecular flexibility index (Phi) is 4.85. The van der Waals surface area contributed by atoms with Crippen molar-refractivity contribution in [3.63, 3.8) is 0 Å². The van der Waals surface area contributed by atoms with Crippen LogP contribution in [0.15, 0.2) is 42.0 Å². The maximum Gasteiger partial charge on any atom is 0.190 e. The molecular weight excluding hydrogens is 396 g/mol. The number of hydrogen-bond donors (Lipinski definition) is 3. The molecular formula is C25H24O6. The SMILES string of the molecule is CCC[C@H]1[C@H](O)c2cccc(O)c2C(=O)[C@@]1(C)c1ccc(O)c2c1C(=O)C(C)=CC2=O. The molecule has 2 aliphatic carbocycles. The zero-order valence-corrected chi connectivity index (χ0v) is 17.6. The smallest absolute Gasteiger partial charge is 0.190 e. The molecule has 0 aliphatic heterocycles. The van der Waals surface area contributed by atoms with Crippen LogP contribution >= 0.6 is 0 Å². The molecule has 31 heavy (non-hydrogen) atoms. The van der Waals surface area contributed by atoms with E-state index in [-0.39, 0.29) is 39.3 Å². The molecule has 6 heteroatoms. The summed E-state index contributed by atoms with van der Waals surface area (Å²) in [5, 5.41) is 32.1. The van der Waals surface area contributed by atoms with Crippen LogP contribution in [-0.2, 0) is 5.41 Å². The molecule has 160 valence electrons. The number of aliphatic hydroxyl groups is 1. The molecule has 0 saturated heterocycles. The van der Waals surface area contributed by atoms with Gasteiger partial charge in [0.25, 0.3) is 0 Å². The molecule has 4 rings (SSSR count). The predicted octanol–water partition coefficient (Wildman–Crippen LogP) is 4.03. The highest BCUT2D eigenvalue weighted by molar-refractivity contribution is 6.26. The normalized spacial score (nSPS) is 25.2. The lowest BCUT2D eigenvalue weighted by atomic mass is 9.57. The summed E-state index contributed by atoms with van der Waals surface area (Å²) in [5.74, 6) is -2.54. The first-order chi connectivity index (χ1) is 14.6. The predicted molar refractivity (Wildman–Crippen MR) is 114 cm³/mol. The Morgan fingerprint density at radius 2 is 1.65 bits per heavy atom. The lowest BCUT2D eigenvalue weighted by Gasteiger charge is -2.45. The van der Waals surface area contributed by atoms with Crippen LogP contribution in [0.1, 0.15) is 81.9 Å². The van der Waals surface area contributed by atoms with Gasteiger partial charge < -0.3 is 15.3 Å². The van der Waals surface area contributed by atoms with Crippen LogP contribution in [0.25, 0.3) is 0 Å².